The van der Waals surface area contributed by atoms with Crippen LogP contribution in [0.1, 0.15) is 116 Å². The van der Waals surface area contributed by atoms with Crippen molar-refractivity contribution in [3.63, 3.8) is 0 Å². The molecule has 3 unspecified atom stereocenters. The molecule has 0 saturated heterocycles. The van der Waals surface area contributed by atoms with Crippen LogP contribution >= 0.6 is 11.3 Å². The lowest BCUT2D eigenvalue weighted by Gasteiger charge is -2.70. The Morgan fingerprint density at radius 2 is 1.72 bits per heavy atom. The van der Waals surface area contributed by atoms with Gasteiger partial charge in [0.1, 0.15) is 10.8 Å². The summed E-state index contributed by atoms with van der Waals surface area (Å²) in [6.45, 7) is 17.6. The van der Waals surface area contributed by atoms with E-state index in [1.165, 1.54) is 54.7 Å². The number of nitrogen functional groups attached to an aromatic ring is 1. The van der Waals surface area contributed by atoms with Gasteiger partial charge < -0.3 is 10.8 Å². The van der Waals surface area contributed by atoms with Crippen molar-refractivity contribution in [1.29, 1.82) is 0 Å². The van der Waals surface area contributed by atoms with Gasteiger partial charge >= 0.3 is 0 Å². The molecule has 2 heterocycles. The number of aromatic nitrogens is 4. The van der Waals surface area contributed by atoms with Gasteiger partial charge in [-0.15, -0.1) is 10.2 Å². The van der Waals surface area contributed by atoms with Gasteiger partial charge in [0, 0.05) is 16.4 Å². The van der Waals surface area contributed by atoms with E-state index in [0.717, 1.165) is 36.5 Å². The van der Waals surface area contributed by atoms with Crippen LogP contribution in [0.2, 0.25) is 0 Å². The summed E-state index contributed by atoms with van der Waals surface area (Å²) < 4.78 is 0. The number of allylic oxidation sites excluding steroid dienone is 2. The highest BCUT2D eigenvalue weighted by Gasteiger charge is 2.69. The highest BCUT2D eigenvalue weighted by atomic mass is 32.1. The van der Waals surface area contributed by atoms with E-state index >= 15 is 0 Å². The van der Waals surface area contributed by atoms with E-state index in [2.05, 4.69) is 69.8 Å². The summed E-state index contributed by atoms with van der Waals surface area (Å²) in [5.74, 6) is 2.44. The minimum atomic E-state index is 0.0107. The Kier molecular flexibility index (Phi) is 5.13. The van der Waals surface area contributed by atoms with E-state index in [1.807, 2.05) is 0 Å². The van der Waals surface area contributed by atoms with E-state index in [4.69, 9.17) is 10.8 Å². The fraction of sp³-hybridized carbons (Fsp3) is 0.781. The smallest absolute Gasteiger partial charge is 0.291 e. The highest BCUT2D eigenvalue weighted by Crippen LogP contribution is 2.75. The maximum absolute atomic E-state index is 10.2. The molecule has 3 saturated carbocycles. The van der Waals surface area contributed by atoms with Crippen LogP contribution in [0.15, 0.2) is 11.6 Å². The molecule has 0 aliphatic heterocycles. The number of nitrogens with two attached hydrogens (primary N) is 1. The zero-order valence-electron chi connectivity index (χ0n) is 24.9. The van der Waals surface area contributed by atoms with Gasteiger partial charge in [-0.1, -0.05) is 71.5 Å². The maximum atomic E-state index is 10.2. The first kappa shape index (κ1) is 26.0. The fourth-order valence-electron chi connectivity index (χ4n) is 11.5. The first-order valence-electron chi connectivity index (χ1n) is 15.2. The Labute approximate surface area is 237 Å². The Balaban J connectivity index is 1.35. The van der Waals surface area contributed by atoms with Crippen LogP contribution in [0, 0.1) is 39.4 Å². The predicted molar refractivity (Wildman–Crippen MR) is 157 cm³/mol. The predicted octanol–water partition coefficient (Wildman–Crippen LogP) is 7.32. The summed E-state index contributed by atoms with van der Waals surface area (Å²) in [6, 6.07) is 0. The summed E-state index contributed by atoms with van der Waals surface area (Å²) in [7, 11) is 0. The number of nitrogens with one attached hydrogen (secondary N) is 1. The normalized spacial score (nSPS) is 43.8. The molecular formula is C32H47N5OS. The molecule has 7 rings (SSSR count). The van der Waals surface area contributed by atoms with Gasteiger partial charge in [0.05, 0.1) is 5.69 Å². The molecule has 0 bridgehead atoms. The number of anilines is 1. The second-order valence-corrected chi connectivity index (χ2v) is 17.1. The summed E-state index contributed by atoms with van der Waals surface area (Å²) in [4.78, 5) is 0. The average molecular weight is 550 g/mol. The molecule has 7 heteroatoms. The van der Waals surface area contributed by atoms with Crippen molar-refractivity contribution in [3.8, 4) is 5.19 Å². The first-order chi connectivity index (χ1) is 18.2. The topological polar surface area (TPSA) is 101 Å². The van der Waals surface area contributed by atoms with Gasteiger partial charge in [-0.25, -0.2) is 0 Å². The third kappa shape index (κ3) is 3.12. The molecule has 0 aromatic carbocycles. The highest BCUT2D eigenvalue weighted by molar-refractivity contribution is 7.13. The Morgan fingerprint density at radius 1 is 0.974 bits per heavy atom. The summed E-state index contributed by atoms with van der Waals surface area (Å²) >= 11 is 1.43. The van der Waals surface area contributed by atoms with Crippen molar-refractivity contribution in [1.82, 2.24) is 20.4 Å². The second kappa shape index (κ2) is 7.68. The minimum Gasteiger partial charge on any atom is -0.485 e. The van der Waals surface area contributed by atoms with Crippen LogP contribution in [-0.4, -0.2) is 25.5 Å². The molecule has 2 aromatic rings. The van der Waals surface area contributed by atoms with Crippen LogP contribution in [0.3, 0.4) is 0 Å². The summed E-state index contributed by atoms with van der Waals surface area (Å²) in [6.07, 6.45) is 13.3. The molecule has 5 aliphatic rings. The Bertz CT molecular complexity index is 1370. The number of hydrogen-bond acceptors (Lipinski definition) is 6. The maximum Gasteiger partial charge on any atom is 0.291 e. The van der Waals surface area contributed by atoms with Gasteiger partial charge in [-0.05, 0) is 97.2 Å². The van der Waals surface area contributed by atoms with E-state index in [1.54, 1.807) is 5.57 Å². The van der Waals surface area contributed by atoms with Crippen molar-refractivity contribution >= 4 is 17.2 Å². The molecule has 2 aromatic heterocycles. The lowest BCUT2D eigenvalue weighted by Crippen LogP contribution is -2.64. The lowest BCUT2D eigenvalue weighted by molar-refractivity contribution is -0.154. The standard InChI is InChI=1S/C32H47N5OS/c1-27(2)12-14-32(25-36-37-26(38)39-25)15-13-30(6)19(20(32)17-27)8-9-22-29(5)16-18-23(34-35-24(18)33)28(3,4)21(29)10-11-31(22,30)7/h8,20-22H,9-17H2,1-7H3,(H,37,38)(H3,33,34,35)/t20?,21?,22?,29-,30+,31+,32-/m0/s1. The van der Waals surface area contributed by atoms with Gasteiger partial charge in [-0.2, -0.15) is 5.10 Å². The monoisotopic (exact) mass is 549 g/mol. The zero-order chi connectivity index (χ0) is 27.8. The van der Waals surface area contributed by atoms with Gasteiger partial charge in [0.25, 0.3) is 5.19 Å². The summed E-state index contributed by atoms with van der Waals surface area (Å²) in [5, 5.41) is 28.0. The lowest BCUT2D eigenvalue weighted by atomic mass is 9.33. The molecule has 4 N–H and O–H groups in total. The molecular weight excluding hydrogens is 502 g/mol. The van der Waals surface area contributed by atoms with Crippen LogP contribution in [-0.2, 0) is 17.3 Å². The van der Waals surface area contributed by atoms with Crippen molar-refractivity contribution in [2.45, 2.75) is 117 Å². The third-order valence-corrected chi connectivity index (χ3v) is 14.6. The third-order valence-electron chi connectivity index (χ3n) is 13.7. The summed E-state index contributed by atoms with van der Waals surface area (Å²) in [5.41, 5.74) is 11.6. The number of nitrogens with zero attached hydrogens (tertiary/aromatic N) is 3. The van der Waals surface area contributed by atoms with Crippen molar-refractivity contribution in [2.75, 3.05) is 5.73 Å². The Morgan fingerprint density at radius 3 is 2.44 bits per heavy atom. The first-order valence-corrected chi connectivity index (χ1v) is 16.1. The van der Waals surface area contributed by atoms with Crippen LogP contribution in [0.5, 0.6) is 5.19 Å². The minimum absolute atomic E-state index is 0.0107. The molecule has 7 atom stereocenters. The van der Waals surface area contributed by atoms with Crippen molar-refractivity contribution in [3.05, 3.63) is 27.9 Å². The number of fused-ring (bicyclic) bond motifs is 8. The molecule has 39 heavy (non-hydrogen) atoms. The molecule has 6 nitrogen and oxygen atoms in total. The number of aromatic amines is 1. The number of H-pyrrole nitrogens is 1. The van der Waals surface area contributed by atoms with E-state index in [0.29, 0.717) is 23.2 Å². The van der Waals surface area contributed by atoms with Gasteiger partial charge in [0.15, 0.2) is 0 Å². The van der Waals surface area contributed by atoms with E-state index in [9.17, 15) is 5.11 Å². The largest absolute Gasteiger partial charge is 0.485 e. The second-order valence-electron chi connectivity index (χ2n) is 16.1. The van der Waals surface area contributed by atoms with Gasteiger partial charge in [0.2, 0.25) is 0 Å². The zero-order valence-corrected chi connectivity index (χ0v) is 25.8. The van der Waals surface area contributed by atoms with Crippen molar-refractivity contribution in [2.24, 2.45) is 39.4 Å². The number of hydrogen-bond donors (Lipinski definition) is 3. The van der Waals surface area contributed by atoms with Crippen LogP contribution in [0.4, 0.5) is 5.82 Å². The van der Waals surface area contributed by atoms with Gasteiger partial charge in [-0.3, -0.25) is 5.10 Å². The molecule has 0 spiro atoms. The fourth-order valence-corrected chi connectivity index (χ4v) is 12.4. The molecule has 212 valence electrons. The van der Waals surface area contributed by atoms with E-state index < -0.39 is 0 Å². The van der Waals surface area contributed by atoms with E-state index in [-0.39, 0.29) is 32.3 Å². The number of rotatable bonds is 1. The molecule has 3 fully saturated rings. The number of aromatic hydroxyl groups is 1. The average Bonchev–Trinajstić information content (AvgIpc) is 3.45. The quantitative estimate of drug-likeness (QED) is 0.324. The molecule has 0 amide bonds. The van der Waals surface area contributed by atoms with Crippen LogP contribution in [0.25, 0.3) is 0 Å². The molecule has 5 aliphatic carbocycles. The Hall–Kier alpha value is -1.89. The molecule has 0 radical (unpaired) electrons. The van der Waals surface area contributed by atoms with Crippen molar-refractivity contribution < 1.29 is 5.11 Å². The SMILES string of the molecule is CC1(C)CC[C@]2(c3nnc(O)s3)CC[C@]3(C)C(=CCC4[C@@]5(C)Cc6c(n[nH]c6N)C(C)(C)C5CC[C@]43C)C2C1. The van der Waals surface area contributed by atoms with Crippen LogP contribution < -0.4 is 5.73 Å².